The lowest BCUT2D eigenvalue weighted by Gasteiger charge is -2.35. The van der Waals surface area contributed by atoms with E-state index in [4.69, 9.17) is 0 Å². The molecule has 244 valence electrons. The smallest absolute Gasteiger partial charge is 0.505 e. The van der Waals surface area contributed by atoms with Crippen LogP contribution in [-0.2, 0) is 6.42 Å². The number of aryl methyl sites for hydroxylation is 1. The number of phenols is 2. The van der Waals surface area contributed by atoms with Crippen molar-refractivity contribution in [2.75, 3.05) is 20.7 Å². The number of hydrogen-bond acceptors (Lipinski definition) is 9. The number of alkyl halides is 3. The Bertz CT molecular complexity index is 1850. The Kier molecular flexibility index (Phi) is 9.63. The summed E-state index contributed by atoms with van der Waals surface area (Å²) in [5.74, 6) is -2.74. The number of nitro groups is 2. The standard InChI is InChI=1S/C29H23F3N6O9/c1-2-17-7-3-4-8-20(17)33-27(41)35(22-13-11-18(37(43)44)15-24(22)39)36(23-14-12-19(38(45)46)16-25(23)40)28(42)34-21-9-5-6-10-26(21)47-29(30,31)32/h3-16,39-40H,2H2,1H3,(H,33,41)(H,34,42). The van der Waals surface area contributed by atoms with Gasteiger partial charge in [-0.15, -0.1) is 13.2 Å². The van der Waals surface area contributed by atoms with Crippen molar-refractivity contribution in [2.24, 2.45) is 0 Å². The fraction of sp³-hybridized carbons (Fsp3) is 0.103. The number of carbonyl (C=O) groups is 2. The van der Waals surface area contributed by atoms with E-state index < -0.39 is 74.0 Å². The SMILES string of the molecule is CCc1ccccc1NC(=O)N(c1ccc([N+](=O)[O-])cc1O)N(C(=O)Nc1ccccc1OC(F)(F)F)c1ccc([N+](=O)[O-])cc1O. The second kappa shape index (κ2) is 13.6. The lowest BCUT2D eigenvalue weighted by molar-refractivity contribution is -0.385. The normalized spacial score (nSPS) is 10.9. The van der Waals surface area contributed by atoms with E-state index in [9.17, 15) is 53.2 Å². The fourth-order valence-corrected chi connectivity index (χ4v) is 4.30. The van der Waals surface area contributed by atoms with E-state index in [0.29, 0.717) is 34.1 Å². The third-order valence-electron chi connectivity index (χ3n) is 6.37. The van der Waals surface area contributed by atoms with Crippen molar-refractivity contribution in [3.63, 3.8) is 0 Å². The number of rotatable bonds is 8. The van der Waals surface area contributed by atoms with Gasteiger partial charge in [0.25, 0.3) is 11.4 Å². The summed E-state index contributed by atoms with van der Waals surface area (Å²) in [5, 5.41) is 49.9. The molecule has 4 aromatic carbocycles. The van der Waals surface area contributed by atoms with E-state index in [2.05, 4.69) is 15.4 Å². The number of anilines is 4. The highest BCUT2D eigenvalue weighted by Crippen LogP contribution is 2.39. The van der Waals surface area contributed by atoms with Crippen LogP contribution in [0.1, 0.15) is 12.5 Å². The Morgan fingerprint density at radius 1 is 0.766 bits per heavy atom. The van der Waals surface area contributed by atoms with E-state index in [1.807, 2.05) is 0 Å². The second-order valence-corrected chi connectivity index (χ2v) is 9.40. The molecule has 0 saturated heterocycles. The number of nitro benzene ring substituents is 2. The summed E-state index contributed by atoms with van der Waals surface area (Å²) < 4.78 is 43.4. The minimum Gasteiger partial charge on any atom is -0.505 e. The molecule has 4 aromatic rings. The van der Waals surface area contributed by atoms with Gasteiger partial charge < -0.3 is 25.6 Å². The van der Waals surface area contributed by atoms with E-state index in [-0.39, 0.29) is 5.69 Å². The van der Waals surface area contributed by atoms with Crippen LogP contribution in [0.4, 0.5) is 56.9 Å². The van der Waals surface area contributed by atoms with Gasteiger partial charge in [0.2, 0.25) is 0 Å². The molecule has 18 heteroatoms. The fourth-order valence-electron chi connectivity index (χ4n) is 4.30. The summed E-state index contributed by atoms with van der Waals surface area (Å²) in [5.41, 5.74) is -2.21. The number of phenolic OH excluding ortho intramolecular Hbond substituents is 2. The van der Waals surface area contributed by atoms with Crippen LogP contribution in [0.15, 0.2) is 84.9 Å². The van der Waals surface area contributed by atoms with Crippen LogP contribution < -0.4 is 25.4 Å². The van der Waals surface area contributed by atoms with E-state index in [1.54, 1.807) is 25.1 Å². The predicted molar refractivity (Wildman–Crippen MR) is 161 cm³/mol. The van der Waals surface area contributed by atoms with Gasteiger partial charge in [0, 0.05) is 17.8 Å². The molecule has 0 aliphatic heterocycles. The summed E-state index contributed by atoms with van der Waals surface area (Å²) >= 11 is 0. The van der Waals surface area contributed by atoms with Gasteiger partial charge >= 0.3 is 18.4 Å². The first kappa shape index (κ1) is 33.3. The maximum absolute atomic E-state index is 14.0. The topological polar surface area (TPSA) is 201 Å². The van der Waals surface area contributed by atoms with Crippen molar-refractivity contribution < 1.29 is 47.6 Å². The molecule has 0 atom stereocenters. The number of hydrazine groups is 1. The second-order valence-electron chi connectivity index (χ2n) is 9.40. The summed E-state index contributed by atoms with van der Waals surface area (Å²) in [7, 11) is 0. The molecule has 0 unspecified atom stereocenters. The van der Waals surface area contributed by atoms with Gasteiger partial charge in [-0.2, -0.15) is 10.0 Å². The third kappa shape index (κ3) is 7.74. The summed E-state index contributed by atoms with van der Waals surface area (Å²) in [6, 6.07) is 12.9. The minimum atomic E-state index is -5.18. The third-order valence-corrected chi connectivity index (χ3v) is 6.37. The van der Waals surface area contributed by atoms with E-state index >= 15 is 0 Å². The number of aromatic hydroxyl groups is 2. The summed E-state index contributed by atoms with van der Waals surface area (Å²) in [6.45, 7) is 1.78. The zero-order chi connectivity index (χ0) is 34.5. The van der Waals surface area contributed by atoms with Crippen molar-refractivity contribution in [3.8, 4) is 17.2 Å². The number of nitrogens with one attached hydrogen (secondary N) is 2. The number of benzene rings is 4. The van der Waals surface area contributed by atoms with Crippen molar-refractivity contribution >= 4 is 46.2 Å². The average Bonchev–Trinajstić information content (AvgIpc) is 3.00. The highest BCUT2D eigenvalue weighted by Gasteiger charge is 2.36. The van der Waals surface area contributed by atoms with Crippen molar-refractivity contribution in [1.82, 2.24) is 0 Å². The number of non-ortho nitro benzene ring substituents is 2. The van der Waals surface area contributed by atoms with Crippen molar-refractivity contribution in [3.05, 3.63) is 111 Å². The number of ether oxygens (including phenoxy) is 1. The maximum Gasteiger partial charge on any atom is 0.573 e. The molecule has 4 rings (SSSR count). The lowest BCUT2D eigenvalue weighted by Crippen LogP contribution is -2.54. The summed E-state index contributed by atoms with van der Waals surface area (Å²) in [6.07, 6.45) is -4.76. The lowest BCUT2D eigenvalue weighted by atomic mass is 10.1. The van der Waals surface area contributed by atoms with Crippen LogP contribution in [0.25, 0.3) is 0 Å². The van der Waals surface area contributed by atoms with Crippen LogP contribution in [0.2, 0.25) is 0 Å². The Hall–Kier alpha value is -6.59. The van der Waals surface area contributed by atoms with E-state index in [1.165, 1.54) is 18.2 Å². The van der Waals surface area contributed by atoms with E-state index in [0.717, 1.165) is 36.4 Å². The molecule has 0 aromatic heterocycles. The highest BCUT2D eigenvalue weighted by atomic mass is 19.4. The molecule has 0 radical (unpaired) electrons. The molecule has 47 heavy (non-hydrogen) atoms. The number of carbonyl (C=O) groups excluding carboxylic acids is 2. The quantitative estimate of drug-likeness (QED) is 0.113. The number of urea groups is 2. The first-order chi connectivity index (χ1) is 22.2. The molecule has 0 bridgehead atoms. The molecule has 0 spiro atoms. The molecule has 4 N–H and O–H groups in total. The zero-order valence-corrected chi connectivity index (χ0v) is 24.0. The van der Waals surface area contributed by atoms with Gasteiger partial charge in [0.05, 0.1) is 27.7 Å². The molecule has 4 amide bonds. The molecular formula is C29H23F3N6O9. The average molecular weight is 657 g/mol. The van der Waals surface area contributed by atoms with Gasteiger partial charge in [-0.25, -0.2) is 9.59 Å². The predicted octanol–water partition coefficient (Wildman–Crippen LogP) is 7.07. The Morgan fingerprint density at radius 3 is 1.66 bits per heavy atom. The monoisotopic (exact) mass is 656 g/mol. The number of para-hydroxylation sites is 3. The number of amides is 4. The molecule has 0 saturated carbocycles. The maximum atomic E-state index is 14.0. The Labute approximate surface area is 262 Å². The van der Waals surface area contributed by atoms with Gasteiger partial charge in [-0.1, -0.05) is 37.3 Å². The Balaban J connectivity index is 1.94. The number of nitrogens with zero attached hydrogens (tertiary/aromatic N) is 4. The molecule has 0 aliphatic carbocycles. The largest absolute Gasteiger partial charge is 0.573 e. The number of halogens is 3. The van der Waals surface area contributed by atoms with Gasteiger partial charge in [0.1, 0.15) is 22.9 Å². The van der Waals surface area contributed by atoms with Gasteiger partial charge in [0.15, 0.2) is 5.75 Å². The van der Waals surface area contributed by atoms with Gasteiger partial charge in [-0.3, -0.25) is 20.2 Å². The molecule has 0 aliphatic rings. The first-order valence-electron chi connectivity index (χ1n) is 13.3. The molecular weight excluding hydrogens is 633 g/mol. The Morgan fingerprint density at radius 2 is 1.21 bits per heavy atom. The van der Waals surface area contributed by atoms with Gasteiger partial charge in [-0.05, 0) is 42.3 Å². The highest BCUT2D eigenvalue weighted by molar-refractivity contribution is 6.14. The van der Waals surface area contributed by atoms with Crippen LogP contribution in [0, 0.1) is 20.2 Å². The number of hydrogen-bond donors (Lipinski definition) is 4. The summed E-state index contributed by atoms with van der Waals surface area (Å²) in [4.78, 5) is 49.0. The molecule has 0 heterocycles. The first-order valence-corrected chi connectivity index (χ1v) is 13.3. The molecule has 15 nitrogen and oxygen atoms in total. The van der Waals surface area contributed by atoms with Crippen LogP contribution >= 0.6 is 0 Å². The van der Waals surface area contributed by atoms with Crippen LogP contribution in [-0.4, -0.2) is 38.5 Å². The van der Waals surface area contributed by atoms with Crippen LogP contribution in [0.5, 0.6) is 17.2 Å². The minimum absolute atomic E-state index is 0.226. The van der Waals surface area contributed by atoms with Crippen molar-refractivity contribution in [1.29, 1.82) is 0 Å². The van der Waals surface area contributed by atoms with Crippen molar-refractivity contribution in [2.45, 2.75) is 19.7 Å². The zero-order valence-electron chi connectivity index (χ0n) is 24.0. The molecule has 0 fully saturated rings. The van der Waals surface area contributed by atoms with Crippen LogP contribution in [0.3, 0.4) is 0 Å².